The molecule has 5 nitrogen and oxygen atoms in total. The Morgan fingerprint density at radius 2 is 2.50 bits per heavy atom. The monoisotopic (exact) mass is 262 g/mol. The summed E-state index contributed by atoms with van der Waals surface area (Å²) in [7, 11) is 0. The molecule has 14 heavy (non-hydrogen) atoms. The quantitative estimate of drug-likeness (QED) is 0.696. The Morgan fingerprint density at radius 3 is 3.00 bits per heavy atom. The molecular weight excluding hydrogens is 252 g/mol. The van der Waals surface area contributed by atoms with Crippen molar-refractivity contribution in [1.29, 1.82) is 0 Å². The molecule has 4 N–H and O–H groups in total. The lowest BCUT2D eigenvalue weighted by Crippen LogP contribution is -2.37. The maximum absolute atomic E-state index is 10.5. The van der Waals surface area contributed by atoms with E-state index in [0.29, 0.717) is 12.3 Å². The van der Waals surface area contributed by atoms with E-state index in [4.69, 9.17) is 15.3 Å². The zero-order chi connectivity index (χ0) is 10.6. The van der Waals surface area contributed by atoms with Crippen LogP contribution >= 0.6 is 15.9 Å². The molecule has 1 unspecified atom stereocenters. The zero-order valence-electron chi connectivity index (χ0n) is 7.37. The topological polar surface area (TPSA) is 88.5 Å². The van der Waals surface area contributed by atoms with Gasteiger partial charge in [-0.2, -0.15) is 0 Å². The molecule has 1 heterocycles. The summed E-state index contributed by atoms with van der Waals surface area (Å²) in [5, 5.41) is 11.9. The summed E-state index contributed by atoms with van der Waals surface area (Å²) in [6.07, 6.45) is 0.384. The minimum absolute atomic E-state index is 0.114. The normalized spacial score (nSPS) is 12.7. The van der Waals surface area contributed by atoms with E-state index in [-0.39, 0.29) is 6.54 Å². The van der Waals surface area contributed by atoms with Crippen LogP contribution in [0.1, 0.15) is 5.76 Å². The van der Waals surface area contributed by atoms with Gasteiger partial charge in [0.1, 0.15) is 11.9 Å². The number of carbonyl (C=O) groups is 1. The van der Waals surface area contributed by atoms with Gasteiger partial charge in [0.05, 0.1) is 17.3 Å². The lowest BCUT2D eigenvalue weighted by atomic mass is 10.3. The Bertz CT molecular complexity index is 313. The van der Waals surface area contributed by atoms with Crippen molar-refractivity contribution in [3.8, 4) is 0 Å². The van der Waals surface area contributed by atoms with Gasteiger partial charge >= 0.3 is 0 Å². The number of hydrogen-bond donors (Lipinski definition) is 3. The number of carbonyl (C=O) groups excluding carboxylic acids is 1. The number of amides is 1. The number of rotatable bonds is 5. The number of nitrogens with two attached hydrogens (primary N) is 1. The fraction of sp³-hybridized carbons (Fsp3) is 0.375. The van der Waals surface area contributed by atoms with E-state index in [1.165, 1.54) is 0 Å². The average Bonchev–Trinajstić information content (AvgIpc) is 2.51. The summed E-state index contributed by atoms with van der Waals surface area (Å²) in [6, 6.07) is 1.77. The lowest BCUT2D eigenvalue weighted by Gasteiger charge is -2.06. The highest BCUT2D eigenvalue weighted by atomic mass is 79.9. The van der Waals surface area contributed by atoms with Gasteiger partial charge in [0.15, 0.2) is 0 Å². The number of primary amides is 1. The first kappa shape index (κ1) is 11.2. The number of hydrogen-bond acceptors (Lipinski definition) is 4. The van der Waals surface area contributed by atoms with Gasteiger partial charge in [-0.3, -0.25) is 4.79 Å². The van der Waals surface area contributed by atoms with E-state index in [9.17, 15) is 4.79 Å². The van der Waals surface area contributed by atoms with Crippen LogP contribution in [0.15, 0.2) is 21.2 Å². The SMILES string of the molecule is NC(=O)C(O)CNCc1occc1Br. The summed E-state index contributed by atoms with van der Waals surface area (Å²) in [6.45, 7) is 0.542. The van der Waals surface area contributed by atoms with Crippen molar-refractivity contribution in [1.82, 2.24) is 5.32 Å². The molecule has 0 aliphatic carbocycles. The fourth-order valence-corrected chi connectivity index (χ4v) is 1.22. The molecule has 6 heteroatoms. The van der Waals surface area contributed by atoms with Crippen molar-refractivity contribution in [2.75, 3.05) is 6.54 Å². The Balaban J connectivity index is 2.29. The highest BCUT2D eigenvalue weighted by molar-refractivity contribution is 9.10. The van der Waals surface area contributed by atoms with Crippen LogP contribution in [0.3, 0.4) is 0 Å². The van der Waals surface area contributed by atoms with Crippen LogP contribution in [0.25, 0.3) is 0 Å². The Labute approximate surface area is 89.4 Å². The lowest BCUT2D eigenvalue weighted by molar-refractivity contribution is -0.125. The van der Waals surface area contributed by atoms with Crippen LogP contribution in [0.5, 0.6) is 0 Å². The van der Waals surface area contributed by atoms with Crippen molar-refractivity contribution in [3.63, 3.8) is 0 Å². The smallest absolute Gasteiger partial charge is 0.247 e. The predicted molar refractivity (Wildman–Crippen MR) is 53.3 cm³/mol. The fourth-order valence-electron chi connectivity index (χ4n) is 0.874. The van der Waals surface area contributed by atoms with Crippen LogP contribution in [0.2, 0.25) is 0 Å². The number of aliphatic hydroxyl groups is 1. The zero-order valence-corrected chi connectivity index (χ0v) is 8.95. The molecule has 1 atom stereocenters. The molecule has 0 fully saturated rings. The second-order valence-corrected chi connectivity index (χ2v) is 3.60. The molecule has 0 saturated carbocycles. The predicted octanol–water partition coefficient (Wildman–Crippen LogP) is -0.0221. The van der Waals surface area contributed by atoms with Gasteiger partial charge in [-0.05, 0) is 22.0 Å². The molecule has 1 amide bonds. The maximum atomic E-state index is 10.5. The molecule has 78 valence electrons. The Kier molecular flexibility index (Phi) is 4.12. The third-order valence-corrected chi connectivity index (χ3v) is 2.35. The van der Waals surface area contributed by atoms with Crippen molar-refractivity contribution in [3.05, 3.63) is 22.6 Å². The summed E-state index contributed by atoms with van der Waals surface area (Å²) >= 11 is 3.27. The molecule has 0 spiro atoms. The molecular formula is C8H11BrN2O3. The van der Waals surface area contributed by atoms with Crippen molar-refractivity contribution in [2.45, 2.75) is 12.6 Å². The van der Waals surface area contributed by atoms with Gasteiger partial charge in [0, 0.05) is 6.54 Å². The summed E-state index contributed by atoms with van der Waals surface area (Å²) in [5.41, 5.74) is 4.86. The average molecular weight is 263 g/mol. The van der Waals surface area contributed by atoms with E-state index >= 15 is 0 Å². The first-order chi connectivity index (χ1) is 6.61. The van der Waals surface area contributed by atoms with Crippen molar-refractivity contribution in [2.24, 2.45) is 5.73 Å². The van der Waals surface area contributed by atoms with Crippen LogP contribution in [-0.4, -0.2) is 23.7 Å². The van der Waals surface area contributed by atoms with Crippen LogP contribution < -0.4 is 11.1 Å². The third kappa shape index (κ3) is 3.13. The second-order valence-electron chi connectivity index (χ2n) is 2.74. The van der Waals surface area contributed by atoms with Gasteiger partial charge in [-0.25, -0.2) is 0 Å². The number of aliphatic hydroxyl groups excluding tert-OH is 1. The van der Waals surface area contributed by atoms with Gasteiger partial charge in [-0.15, -0.1) is 0 Å². The largest absolute Gasteiger partial charge is 0.467 e. The minimum atomic E-state index is -1.16. The first-order valence-electron chi connectivity index (χ1n) is 4.01. The van der Waals surface area contributed by atoms with Crippen molar-refractivity contribution >= 4 is 21.8 Å². The summed E-state index contributed by atoms with van der Waals surface area (Å²) in [5.74, 6) is -0.0299. The third-order valence-electron chi connectivity index (χ3n) is 1.64. The van der Waals surface area contributed by atoms with Gasteiger partial charge in [0.25, 0.3) is 0 Å². The molecule has 1 aromatic heterocycles. The Hall–Kier alpha value is -0.850. The molecule has 0 aromatic carbocycles. The molecule has 0 aliphatic heterocycles. The van der Waals surface area contributed by atoms with Crippen LogP contribution in [0.4, 0.5) is 0 Å². The summed E-state index contributed by atoms with van der Waals surface area (Å²) in [4.78, 5) is 10.5. The van der Waals surface area contributed by atoms with Gasteiger partial charge in [0.2, 0.25) is 5.91 Å². The second kappa shape index (κ2) is 5.14. The van der Waals surface area contributed by atoms with Crippen molar-refractivity contribution < 1.29 is 14.3 Å². The van der Waals surface area contributed by atoms with Gasteiger partial charge < -0.3 is 20.6 Å². The molecule has 0 aliphatic rings. The molecule has 0 bridgehead atoms. The highest BCUT2D eigenvalue weighted by Gasteiger charge is 2.10. The number of furan rings is 1. The minimum Gasteiger partial charge on any atom is -0.467 e. The standard InChI is InChI=1S/C8H11BrN2O3/c9-5-1-2-14-7(5)4-11-3-6(12)8(10)13/h1-2,6,11-12H,3-4H2,(H2,10,13). The number of nitrogens with one attached hydrogen (secondary N) is 1. The van der Waals surface area contributed by atoms with E-state index in [1.807, 2.05) is 0 Å². The van der Waals surface area contributed by atoms with Gasteiger partial charge in [-0.1, -0.05) is 0 Å². The summed E-state index contributed by atoms with van der Waals surface area (Å²) < 4.78 is 5.95. The first-order valence-corrected chi connectivity index (χ1v) is 4.80. The van der Waals surface area contributed by atoms with E-state index in [1.54, 1.807) is 12.3 Å². The van der Waals surface area contributed by atoms with Crippen LogP contribution in [-0.2, 0) is 11.3 Å². The van der Waals surface area contributed by atoms with E-state index in [0.717, 1.165) is 4.47 Å². The molecule has 0 radical (unpaired) electrons. The Morgan fingerprint density at radius 1 is 1.79 bits per heavy atom. The van der Waals surface area contributed by atoms with E-state index < -0.39 is 12.0 Å². The van der Waals surface area contributed by atoms with E-state index in [2.05, 4.69) is 21.2 Å². The maximum Gasteiger partial charge on any atom is 0.247 e. The molecule has 1 aromatic rings. The number of halogens is 1. The highest BCUT2D eigenvalue weighted by Crippen LogP contribution is 2.16. The molecule has 1 rings (SSSR count). The molecule has 0 saturated heterocycles. The van der Waals surface area contributed by atoms with Crippen LogP contribution in [0, 0.1) is 0 Å².